The summed E-state index contributed by atoms with van der Waals surface area (Å²) in [4.78, 5) is 35.1. The molecule has 1 amide bonds. The molecule has 0 radical (unpaired) electrons. The van der Waals surface area contributed by atoms with E-state index in [0.717, 1.165) is 11.1 Å². The first kappa shape index (κ1) is 21.0. The van der Waals surface area contributed by atoms with E-state index in [9.17, 15) is 14.4 Å². The van der Waals surface area contributed by atoms with Crippen molar-refractivity contribution in [2.24, 2.45) is 0 Å². The molecule has 0 aromatic heterocycles. The van der Waals surface area contributed by atoms with Gasteiger partial charge < -0.3 is 19.5 Å². The predicted octanol–water partition coefficient (Wildman–Crippen LogP) is 3.07. The molecule has 7 heteroatoms. The zero-order valence-electron chi connectivity index (χ0n) is 16.3. The summed E-state index contributed by atoms with van der Waals surface area (Å²) in [7, 11) is 1.43. The van der Waals surface area contributed by atoms with Crippen LogP contribution in [0, 0.1) is 13.8 Å². The quantitative estimate of drug-likeness (QED) is 0.555. The zero-order valence-corrected chi connectivity index (χ0v) is 16.3. The van der Waals surface area contributed by atoms with E-state index in [4.69, 9.17) is 14.2 Å². The van der Waals surface area contributed by atoms with Crippen LogP contribution in [-0.2, 0) is 14.3 Å². The molecule has 0 saturated carbocycles. The Morgan fingerprint density at radius 3 is 2.54 bits per heavy atom. The van der Waals surface area contributed by atoms with E-state index < -0.39 is 24.6 Å². The molecule has 1 N–H and O–H groups in total. The van der Waals surface area contributed by atoms with Crippen molar-refractivity contribution in [3.63, 3.8) is 0 Å². The fourth-order valence-corrected chi connectivity index (χ4v) is 2.40. The van der Waals surface area contributed by atoms with Gasteiger partial charge in [0.2, 0.25) is 0 Å². The molecule has 7 nitrogen and oxygen atoms in total. The van der Waals surface area contributed by atoms with Crippen molar-refractivity contribution < 1.29 is 28.6 Å². The third kappa shape index (κ3) is 5.57. The van der Waals surface area contributed by atoms with Crippen LogP contribution in [0.1, 0.15) is 28.4 Å². The lowest BCUT2D eigenvalue weighted by atomic mass is 10.1. The van der Waals surface area contributed by atoms with E-state index in [1.807, 2.05) is 32.0 Å². The molecule has 0 unspecified atom stereocenters. The Bertz CT molecular complexity index is 877. The summed E-state index contributed by atoms with van der Waals surface area (Å²) in [5.74, 6) is -0.532. The van der Waals surface area contributed by atoms with Gasteiger partial charge in [0.15, 0.2) is 24.2 Å². The third-order valence-corrected chi connectivity index (χ3v) is 4.00. The van der Waals surface area contributed by atoms with Gasteiger partial charge in [-0.05, 0) is 56.2 Å². The van der Waals surface area contributed by atoms with Crippen LogP contribution in [0.25, 0.3) is 0 Å². The fraction of sp³-hybridized carbons (Fsp3) is 0.286. The Morgan fingerprint density at radius 1 is 1.11 bits per heavy atom. The van der Waals surface area contributed by atoms with E-state index in [1.165, 1.54) is 32.2 Å². The molecule has 0 fully saturated rings. The average Bonchev–Trinajstić information content (AvgIpc) is 2.68. The molecule has 0 aliphatic heterocycles. The Hall–Kier alpha value is -3.35. The van der Waals surface area contributed by atoms with E-state index >= 15 is 0 Å². The highest BCUT2D eigenvalue weighted by atomic mass is 16.6. The monoisotopic (exact) mass is 385 g/mol. The lowest BCUT2D eigenvalue weighted by Gasteiger charge is -2.16. The minimum absolute atomic E-state index is 0.289. The summed E-state index contributed by atoms with van der Waals surface area (Å²) in [6, 6.07) is 10.2. The second-order valence-electron chi connectivity index (χ2n) is 6.26. The Morgan fingerprint density at radius 2 is 1.86 bits per heavy atom. The molecular formula is C21H23NO6. The number of aldehydes is 1. The van der Waals surface area contributed by atoms with Crippen molar-refractivity contribution in [2.45, 2.75) is 26.9 Å². The van der Waals surface area contributed by atoms with Crippen LogP contribution in [0.15, 0.2) is 36.4 Å². The Kier molecular flexibility index (Phi) is 7.14. The fourth-order valence-electron chi connectivity index (χ4n) is 2.40. The first-order chi connectivity index (χ1) is 13.3. The van der Waals surface area contributed by atoms with Crippen molar-refractivity contribution in [3.8, 4) is 11.5 Å². The maximum atomic E-state index is 12.3. The van der Waals surface area contributed by atoms with Crippen LogP contribution >= 0.6 is 0 Å². The van der Waals surface area contributed by atoms with E-state index in [2.05, 4.69) is 5.32 Å². The highest BCUT2D eigenvalue weighted by molar-refractivity contribution is 5.95. The molecule has 0 spiro atoms. The minimum Gasteiger partial charge on any atom is -0.493 e. The molecule has 2 rings (SSSR count). The molecule has 1 atom stereocenters. The number of carbonyl (C=O) groups is 3. The van der Waals surface area contributed by atoms with Crippen molar-refractivity contribution in [1.82, 2.24) is 0 Å². The number of ether oxygens (including phenoxy) is 3. The Labute approximate surface area is 163 Å². The number of aryl methyl sites for hydroxylation is 2. The van der Waals surface area contributed by atoms with Crippen LogP contribution in [0.2, 0.25) is 0 Å². The maximum absolute atomic E-state index is 12.3. The zero-order chi connectivity index (χ0) is 20.7. The first-order valence-corrected chi connectivity index (χ1v) is 8.67. The number of hydrogen-bond donors (Lipinski definition) is 1. The number of hydrogen-bond acceptors (Lipinski definition) is 6. The molecule has 0 aliphatic rings. The number of rotatable bonds is 8. The van der Waals surface area contributed by atoms with Crippen molar-refractivity contribution in [2.75, 3.05) is 19.0 Å². The lowest BCUT2D eigenvalue weighted by molar-refractivity contribution is -0.155. The second-order valence-corrected chi connectivity index (χ2v) is 6.26. The van der Waals surface area contributed by atoms with Gasteiger partial charge in [-0.25, -0.2) is 4.79 Å². The van der Waals surface area contributed by atoms with Crippen LogP contribution in [0.5, 0.6) is 11.5 Å². The number of anilines is 1. The maximum Gasteiger partial charge on any atom is 0.344 e. The summed E-state index contributed by atoms with van der Waals surface area (Å²) in [5, 5.41) is 2.75. The number of carbonyl (C=O) groups excluding carboxylic acids is 3. The van der Waals surface area contributed by atoms with Gasteiger partial charge in [0.05, 0.1) is 7.11 Å². The molecule has 148 valence electrons. The van der Waals surface area contributed by atoms with E-state index in [0.29, 0.717) is 23.3 Å². The minimum atomic E-state index is -0.990. The topological polar surface area (TPSA) is 90.9 Å². The number of methoxy groups -OCH3 is 1. The summed E-state index contributed by atoms with van der Waals surface area (Å²) >= 11 is 0. The van der Waals surface area contributed by atoms with Gasteiger partial charge >= 0.3 is 5.97 Å². The standard InChI is InChI=1S/C21H23NO6/c1-13-5-6-14(2)17(9-13)22-21(25)15(3)28-20(24)12-27-18-8-7-16(11-23)10-19(18)26-4/h5-11,15H,12H2,1-4H3,(H,22,25)/t15-/m0/s1. The highest BCUT2D eigenvalue weighted by Gasteiger charge is 2.19. The first-order valence-electron chi connectivity index (χ1n) is 8.67. The van der Waals surface area contributed by atoms with Crippen molar-refractivity contribution in [3.05, 3.63) is 53.1 Å². The third-order valence-electron chi connectivity index (χ3n) is 4.00. The van der Waals surface area contributed by atoms with Crippen LogP contribution in [-0.4, -0.2) is 38.0 Å². The molecular weight excluding hydrogens is 362 g/mol. The van der Waals surface area contributed by atoms with Crippen molar-refractivity contribution >= 4 is 23.9 Å². The highest BCUT2D eigenvalue weighted by Crippen LogP contribution is 2.27. The number of esters is 1. The summed E-state index contributed by atoms with van der Waals surface area (Å²) in [5.41, 5.74) is 3.01. The molecule has 0 heterocycles. The van der Waals surface area contributed by atoms with Gasteiger partial charge in [-0.15, -0.1) is 0 Å². The Balaban J connectivity index is 1.91. The molecule has 2 aromatic rings. The second kappa shape index (κ2) is 9.55. The van der Waals surface area contributed by atoms with Gasteiger partial charge in [0.1, 0.15) is 6.29 Å². The average molecular weight is 385 g/mol. The van der Waals surface area contributed by atoms with E-state index in [-0.39, 0.29) is 5.75 Å². The predicted molar refractivity (Wildman–Crippen MR) is 104 cm³/mol. The largest absolute Gasteiger partial charge is 0.493 e. The molecule has 28 heavy (non-hydrogen) atoms. The summed E-state index contributed by atoms with van der Waals surface area (Å²) in [6.07, 6.45) is -0.313. The number of benzene rings is 2. The molecule has 0 aliphatic carbocycles. The summed E-state index contributed by atoms with van der Waals surface area (Å²) < 4.78 is 15.6. The van der Waals surface area contributed by atoms with Crippen LogP contribution in [0.3, 0.4) is 0 Å². The SMILES string of the molecule is COc1cc(C=O)ccc1OCC(=O)O[C@@H](C)C(=O)Nc1cc(C)ccc1C. The van der Waals surface area contributed by atoms with E-state index in [1.54, 1.807) is 0 Å². The van der Waals surface area contributed by atoms with Gasteiger partial charge in [-0.1, -0.05) is 12.1 Å². The van der Waals surface area contributed by atoms with Gasteiger partial charge in [-0.3, -0.25) is 9.59 Å². The van der Waals surface area contributed by atoms with Gasteiger partial charge in [0.25, 0.3) is 5.91 Å². The smallest absolute Gasteiger partial charge is 0.344 e. The number of amides is 1. The van der Waals surface area contributed by atoms with Crippen molar-refractivity contribution in [1.29, 1.82) is 0 Å². The summed E-state index contributed by atoms with van der Waals surface area (Å²) in [6.45, 7) is 4.88. The van der Waals surface area contributed by atoms with Crippen LogP contribution < -0.4 is 14.8 Å². The molecule has 0 saturated heterocycles. The lowest BCUT2D eigenvalue weighted by Crippen LogP contribution is -2.32. The molecule has 2 aromatic carbocycles. The number of nitrogens with one attached hydrogen (secondary N) is 1. The van der Waals surface area contributed by atoms with Gasteiger partial charge in [-0.2, -0.15) is 0 Å². The van der Waals surface area contributed by atoms with Gasteiger partial charge in [0, 0.05) is 11.3 Å². The van der Waals surface area contributed by atoms with Crippen LogP contribution in [0.4, 0.5) is 5.69 Å². The normalized spacial score (nSPS) is 11.3. The molecule has 0 bridgehead atoms.